The summed E-state index contributed by atoms with van der Waals surface area (Å²) in [6.07, 6.45) is -0.350. The van der Waals surface area contributed by atoms with E-state index in [0.717, 1.165) is 0 Å². The average Bonchev–Trinajstić information content (AvgIpc) is 2.75. The van der Waals surface area contributed by atoms with Crippen molar-refractivity contribution in [2.24, 2.45) is 27.3 Å². The number of amides is 5. The maximum absolute atomic E-state index is 12.5. The molecule has 0 aliphatic rings. The van der Waals surface area contributed by atoms with Crippen LogP contribution in [0.5, 0.6) is 0 Å². The van der Waals surface area contributed by atoms with Gasteiger partial charge in [0.25, 0.3) is 0 Å². The fraction of sp³-hybridized carbons (Fsp3) is 0.562. The van der Waals surface area contributed by atoms with Crippen molar-refractivity contribution in [3.8, 4) is 0 Å². The summed E-state index contributed by atoms with van der Waals surface area (Å²) in [7, 11) is 0. The summed E-state index contributed by atoms with van der Waals surface area (Å²) >= 11 is 0. The number of primary amides is 1. The fourth-order valence-electron chi connectivity index (χ4n) is 2.29. The molecule has 0 aromatic heterocycles. The molecular weight excluding hydrogens is 458 g/mol. The number of hydrogen-bond donors (Lipinski definition) is 8. The van der Waals surface area contributed by atoms with Gasteiger partial charge in [-0.1, -0.05) is 5.11 Å². The number of hydrogen-bond acceptors (Lipinski definition) is 8. The van der Waals surface area contributed by atoms with Crippen molar-refractivity contribution in [1.29, 1.82) is 0 Å². The van der Waals surface area contributed by atoms with Crippen LogP contribution in [0.15, 0.2) is 10.1 Å². The van der Waals surface area contributed by atoms with Crippen molar-refractivity contribution in [2.45, 2.75) is 31.3 Å². The molecule has 34 heavy (non-hydrogen) atoms. The predicted octanol–water partition coefficient (Wildman–Crippen LogP) is -4.49. The maximum Gasteiger partial charge on any atom is 0.326 e. The molecule has 18 nitrogen and oxygen atoms in total. The van der Waals surface area contributed by atoms with Gasteiger partial charge in [-0.2, -0.15) is 0 Å². The SMILES string of the molecule is [N-]=[N+]=NCC(=O)NCC(=O)N[C@@H](CCCN=C(N)N)C(=O)NCC(=O)N[C@@H](CC(N)=O)C(=O)O. The number of carbonyl (C=O) groups excluding carboxylic acids is 5. The summed E-state index contributed by atoms with van der Waals surface area (Å²) in [4.78, 5) is 76.0. The van der Waals surface area contributed by atoms with E-state index in [9.17, 15) is 28.8 Å². The van der Waals surface area contributed by atoms with Gasteiger partial charge in [-0.05, 0) is 18.4 Å². The Labute approximate surface area is 192 Å². The molecule has 5 amide bonds. The van der Waals surface area contributed by atoms with Crippen LogP contribution in [0.4, 0.5) is 0 Å². The number of aliphatic imine (C=N–C) groups is 1. The highest BCUT2D eigenvalue weighted by atomic mass is 16.4. The highest BCUT2D eigenvalue weighted by Crippen LogP contribution is 1.99. The van der Waals surface area contributed by atoms with Crippen LogP contribution in [-0.4, -0.2) is 84.8 Å². The zero-order valence-corrected chi connectivity index (χ0v) is 18.0. The molecule has 0 rings (SSSR count). The monoisotopic (exact) mass is 485 g/mol. The molecule has 0 aliphatic heterocycles. The van der Waals surface area contributed by atoms with Crippen molar-refractivity contribution < 1.29 is 33.9 Å². The molecule has 0 saturated heterocycles. The molecule has 0 radical (unpaired) electrons. The van der Waals surface area contributed by atoms with Crippen LogP contribution in [-0.2, 0) is 28.8 Å². The Morgan fingerprint density at radius 3 is 2.03 bits per heavy atom. The van der Waals surface area contributed by atoms with Crippen LogP contribution >= 0.6 is 0 Å². The molecule has 0 aromatic carbocycles. The third-order valence-corrected chi connectivity index (χ3v) is 3.78. The van der Waals surface area contributed by atoms with Gasteiger partial charge in [0.2, 0.25) is 29.5 Å². The molecule has 0 bridgehead atoms. The van der Waals surface area contributed by atoms with Gasteiger partial charge in [0, 0.05) is 11.5 Å². The molecule has 2 atom stereocenters. The zero-order chi connectivity index (χ0) is 26.1. The van der Waals surface area contributed by atoms with E-state index in [1.165, 1.54) is 0 Å². The summed E-state index contributed by atoms with van der Waals surface area (Å²) in [5.41, 5.74) is 23.5. The van der Waals surface area contributed by atoms with Gasteiger partial charge in [0.1, 0.15) is 18.6 Å². The molecule has 0 unspecified atom stereocenters. The number of azide groups is 1. The lowest BCUT2D eigenvalue weighted by Gasteiger charge is -2.19. The van der Waals surface area contributed by atoms with Gasteiger partial charge in [-0.15, -0.1) is 0 Å². The largest absolute Gasteiger partial charge is 0.480 e. The first-order chi connectivity index (χ1) is 16.0. The molecule has 0 aromatic rings. The van der Waals surface area contributed by atoms with E-state index in [1.54, 1.807) is 0 Å². The van der Waals surface area contributed by atoms with E-state index in [0.29, 0.717) is 0 Å². The predicted molar refractivity (Wildman–Crippen MR) is 115 cm³/mol. The molecule has 0 fully saturated rings. The Morgan fingerprint density at radius 2 is 1.50 bits per heavy atom. The van der Waals surface area contributed by atoms with E-state index in [2.05, 4.69) is 31.0 Å². The van der Waals surface area contributed by atoms with Gasteiger partial charge < -0.3 is 43.6 Å². The lowest BCUT2D eigenvalue weighted by atomic mass is 10.1. The number of nitrogens with zero attached hydrogens (tertiary/aromatic N) is 4. The van der Waals surface area contributed by atoms with E-state index in [4.69, 9.17) is 27.8 Å². The highest BCUT2D eigenvalue weighted by molar-refractivity contribution is 5.93. The van der Waals surface area contributed by atoms with Crippen LogP contribution in [0.2, 0.25) is 0 Å². The van der Waals surface area contributed by atoms with E-state index >= 15 is 0 Å². The first-order valence-electron chi connectivity index (χ1n) is 9.66. The zero-order valence-electron chi connectivity index (χ0n) is 18.0. The van der Waals surface area contributed by atoms with Gasteiger partial charge >= 0.3 is 5.97 Å². The van der Waals surface area contributed by atoms with Crippen molar-refractivity contribution in [2.75, 3.05) is 26.2 Å². The number of carboxylic acids is 1. The van der Waals surface area contributed by atoms with Gasteiger partial charge in [0.15, 0.2) is 5.96 Å². The van der Waals surface area contributed by atoms with Gasteiger partial charge in [0.05, 0.1) is 19.5 Å². The van der Waals surface area contributed by atoms with Crippen LogP contribution in [0.1, 0.15) is 19.3 Å². The summed E-state index contributed by atoms with van der Waals surface area (Å²) in [5, 5.41) is 20.8. The lowest BCUT2D eigenvalue weighted by Crippen LogP contribution is -2.52. The first-order valence-corrected chi connectivity index (χ1v) is 9.66. The quantitative estimate of drug-likeness (QED) is 0.0260. The minimum Gasteiger partial charge on any atom is -0.480 e. The van der Waals surface area contributed by atoms with Gasteiger partial charge in [-0.25, -0.2) is 4.79 Å². The number of nitrogens with two attached hydrogens (primary N) is 3. The van der Waals surface area contributed by atoms with Crippen LogP contribution in [0.3, 0.4) is 0 Å². The second kappa shape index (κ2) is 16.1. The molecule has 18 heteroatoms. The maximum atomic E-state index is 12.5. The van der Waals surface area contributed by atoms with E-state index in [1.807, 2.05) is 5.32 Å². The molecule has 0 heterocycles. The van der Waals surface area contributed by atoms with Crippen molar-refractivity contribution in [3.05, 3.63) is 10.4 Å². The minimum atomic E-state index is -1.58. The lowest BCUT2D eigenvalue weighted by molar-refractivity contribution is -0.143. The summed E-state index contributed by atoms with van der Waals surface area (Å²) < 4.78 is 0. The Morgan fingerprint density at radius 1 is 0.912 bits per heavy atom. The third-order valence-electron chi connectivity index (χ3n) is 3.78. The summed E-state index contributed by atoms with van der Waals surface area (Å²) in [6.45, 7) is -1.57. The van der Waals surface area contributed by atoms with Crippen LogP contribution in [0, 0.1) is 0 Å². The summed E-state index contributed by atoms with van der Waals surface area (Å²) in [6, 6.07) is -2.74. The second-order valence-electron chi connectivity index (χ2n) is 6.58. The fourth-order valence-corrected chi connectivity index (χ4v) is 2.29. The standard InChI is InChI=1S/C16H27N11O7/c17-10(28)4-9(15(33)34)26-13(31)6-23-14(32)8(2-1-3-21-16(18)19)25-12(30)5-22-11(29)7-24-27-20/h8-9H,1-7H2,(H2,17,28)(H,22,29)(H,23,32)(H,25,30)(H,26,31)(H,33,34)(H4,18,19,21)/t8-,9-/m0/s1. The number of carboxylic acid groups (broad SMARTS) is 1. The first kappa shape index (κ1) is 29.4. The third kappa shape index (κ3) is 14.4. The van der Waals surface area contributed by atoms with Crippen LogP contribution < -0.4 is 38.5 Å². The number of aliphatic carboxylic acids is 1. The number of guanidine groups is 1. The van der Waals surface area contributed by atoms with Gasteiger partial charge in [-0.3, -0.25) is 29.0 Å². The Balaban J connectivity index is 4.95. The average molecular weight is 485 g/mol. The Bertz CT molecular complexity index is 850. The van der Waals surface area contributed by atoms with E-state index in [-0.39, 0.29) is 25.3 Å². The Hall–Kier alpha value is -4.60. The molecule has 0 saturated carbocycles. The minimum absolute atomic E-state index is 0.0437. The number of nitrogens with one attached hydrogen (secondary N) is 4. The van der Waals surface area contributed by atoms with Crippen molar-refractivity contribution >= 4 is 41.5 Å². The highest BCUT2D eigenvalue weighted by Gasteiger charge is 2.24. The molecule has 11 N–H and O–H groups in total. The van der Waals surface area contributed by atoms with Crippen LogP contribution in [0.25, 0.3) is 10.4 Å². The Kier molecular flexibility index (Phi) is 13.9. The summed E-state index contributed by atoms with van der Waals surface area (Å²) in [5.74, 6) is -5.81. The van der Waals surface area contributed by atoms with Crippen molar-refractivity contribution in [3.63, 3.8) is 0 Å². The number of carbonyl (C=O) groups is 6. The molecule has 0 spiro atoms. The molecule has 0 aliphatic carbocycles. The second-order valence-corrected chi connectivity index (χ2v) is 6.58. The number of rotatable bonds is 16. The topological polar surface area (TPSA) is 310 Å². The normalized spacial score (nSPS) is 11.5. The van der Waals surface area contributed by atoms with E-state index < -0.39 is 73.6 Å². The van der Waals surface area contributed by atoms with Crippen molar-refractivity contribution in [1.82, 2.24) is 21.3 Å². The smallest absolute Gasteiger partial charge is 0.326 e. The molecular formula is C16H27N11O7. The molecule has 188 valence electrons.